The fraction of sp³-hybridized carbons (Fsp3) is 0.944. The largest absolute Gasteiger partial charge is 0.444 e. The molecule has 0 aliphatic carbocycles. The highest BCUT2D eigenvalue weighted by atomic mass is 28.4. The van der Waals surface area contributed by atoms with Crippen LogP contribution < -0.4 is 0 Å². The molecule has 148 valence electrons. The van der Waals surface area contributed by atoms with Gasteiger partial charge in [-0.3, -0.25) is 0 Å². The molecule has 0 aromatic rings. The summed E-state index contributed by atoms with van der Waals surface area (Å²) in [6.07, 6.45) is -0.716. The van der Waals surface area contributed by atoms with Gasteiger partial charge in [0.15, 0.2) is 8.32 Å². The second kappa shape index (κ2) is 7.54. The van der Waals surface area contributed by atoms with Gasteiger partial charge in [0.2, 0.25) is 0 Å². The predicted octanol–water partition coefficient (Wildman–Crippen LogP) is 3.40. The molecule has 7 heteroatoms. The van der Waals surface area contributed by atoms with Gasteiger partial charge in [-0.15, -0.1) is 0 Å². The number of amides is 1. The molecule has 1 N–H and O–H groups in total. The van der Waals surface area contributed by atoms with Gasteiger partial charge >= 0.3 is 6.09 Å². The third-order valence-corrected chi connectivity index (χ3v) is 9.17. The monoisotopic (exact) mass is 375 g/mol. The van der Waals surface area contributed by atoms with Crippen molar-refractivity contribution in [1.82, 2.24) is 4.90 Å². The van der Waals surface area contributed by atoms with Crippen molar-refractivity contribution >= 4 is 14.4 Å². The molecule has 1 aliphatic rings. The summed E-state index contributed by atoms with van der Waals surface area (Å²) in [5.41, 5.74) is -1.69. The number of hydrogen-bond donors (Lipinski definition) is 1. The molecule has 25 heavy (non-hydrogen) atoms. The highest BCUT2D eigenvalue weighted by Gasteiger charge is 2.40. The topological polar surface area (TPSA) is 68.2 Å². The van der Waals surface area contributed by atoms with E-state index in [1.807, 2.05) is 20.8 Å². The molecule has 1 heterocycles. The van der Waals surface area contributed by atoms with Gasteiger partial charge in [0, 0.05) is 0 Å². The van der Waals surface area contributed by atoms with Gasteiger partial charge in [-0.25, -0.2) is 4.79 Å². The first-order valence-corrected chi connectivity index (χ1v) is 11.9. The standard InChI is InChI=1S/C18H37NO5Si/c1-16(2,3)24-15(20)19-10-14(22-13-18(7,21)12-19)11-23-25(8,9)17(4,5)6/h14,21H,10-13H2,1-9H3/t14-,18-/m0/s1. The third kappa shape index (κ3) is 7.25. The van der Waals surface area contributed by atoms with Crippen LogP contribution in [0.5, 0.6) is 0 Å². The van der Waals surface area contributed by atoms with E-state index in [0.717, 1.165) is 0 Å². The number of aliphatic hydroxyl groups is 1. The molecule has 1 fully saturated rings. The number of nitrogens with zero attached hydrogens (tertiary/aromatic N) is 1. The normalized spacial score (nSPS) is 26.3. The van der Waals surface area contributed by atoms with Gasteiger partial charge in [-0.05, 0) is 45.8 Å². The van der Waals surface area contributed by atoms with Crippen molar-refractivity contribution < 1.29 is 23.8 Å². The lowest BCUT2D eigenvalue weighted by Crippen LogP contribution is -2.47. The number of ether oxygens (including phenoxy) is 2. The SMILES string of the molecule is CC(C)(C)OC(=O)N1C[C@@H](CO[Si](C)(C)C(C)(C)C)OC[C@@](C)(O)C1. The maximum Gasteiger partial charge on any atom is 0.410 e. The van der Waals surface area contributed by atoms with E-state index in [1.54, 1.807) is 6.92 Å². The van der Waals surface area contributed by atoms with E-state index in [4.69, 9.17) is 13.9 Å². The average Bonchev–Trinajstić information content (AvgIpc) is 2.52. The Morgan fingerprint density at radius 3 is 2.32 bits per heavy atom. The van der Waals surface area contributed by atoms with Crippen LogP contribution in [0.15, 0.2) is 0 Å². The lowest BCUT2D eigenvalue weighted by molar-refractivity contribution is -0.0525. The minimum atomic E-state index is -1.91. The van der Waals surface area contributed by atoms with Gasteiger partial charge in [0.1, 0.15) is 11.2 Å². The second-order valence-corrected chi connectivity index (χ2v) is 14.7. The number of carbonyl (C=O) groups is 1. The molecule has 0 unspecified atom stereocenters. The number of hydrogen-bond acceptors (Lipinski definition) is 5. The van der Waals surface area contributed by atoms with Crippen molar-refractivity contribution in [2.75, 3.05) is 26.3 Å². The Morgan fingerprint density at radius 2 is 1.84 bits per heavy atom. The van der Waals surface area contributed by atoms with Crippen LogP contribution in [0.25, 0.3) is 0 Å². The van der Waals surface area contributed by atoms with Crippen molar-refractivity contribution in [3.05, 3.63) is 0 Å². The number of rotatable bonds is 3. The van der Waals surface area contributed by atoms with Gasteiger partial charge in [-0.1, -0.05) is 20.8 Å². The Kier molecular flexibility index (Phi) is 6.76. The maximum absolute atomic E-state index is 12.5. The van der Waals surface area contributed by atoms with E-state index in [1.165, 1.54) is 4.90 Å². The number of carbonyl (C=O) groups excluding carboxylic acids is 1. The molecule has 0 bridgehead atoms. The molecule has 0 saturated carbocycles. The van der Waals surface area contributed by atoms with Crippen molar-refractivity contribution in [1.29, 1.82) is 0 Å². The van der Waals surface area contributed by atoms with Crippen molar-refractivity contribution in [3.8, 4) is 0 Å². The fourth-order valence-electron chi connectivity index (χ4n) is 2.20. The smallest absolute Gasteiger partial charge is 0.410 e. The van der Waals surface area contributed by atoms with Gasteiger partial charge in [-0.2, -0.15) is 0 Å². The highest BCUT2D eigenvalue weighted by Crippen LogP contribution is 2.36. The van der Waals surface area contributed by atoms with Crippen LogP contribution >= 0.6 is 0 Å². The third-order valence-electron chi connectivity index (χ3n) is 4.67. The molecule has 0 aromatic carbocycles. The Bertz CT molecular complexity index is 465. The van der Waals surface area contributed by atoms with E-state index >= 15 is 0 Å². The van der Waals surface area contributed by atoms with Gasteiger partial charge < -0.3 is 23.9 Å². The molecule has 1 rings (SSSR count). The first-order chi connectivity index (χ1) is 11.0. The molecule has 6 nitrogen and oxygen atoms in total. The van der Waals surface area contributed by atoms with Crippen LogP contribution in [0.4, 0.5) is 4.79 Å². The zero-order chi connectivity index (χ0) is 19.7. The summed E-state index contributed by atoms with van der Waals surface area (Å²) >= 11 is 0. The molecule has 1 saturated heterocycles. The second-order valence-electron chi connectivity index (χ2n) is 9.86. The Morgan fingerprint density at radius 1 is 1.28 bits per heavy atom. The summed E-state index contributed by atoms with van der Waals surface area (Å²) in [5, 5.41) is 10.5. The van der Waals surface area contributed by atoms with E-state index in [0.29, 0.717) is 13.2 Å². The van der Waals surface area contributed by atoms with Crippen LogP contribution in [0.1, 0.15) is 48.5 Å². The summed E-state index contributed by atoms with van der Waals surface area (Å²) in [5.74, 6) is 0. The van der Waals surface area contributed by atoms with Crippen LogP contribution in [0, 0.1) is 0 Å². The molecule has 0 aromatic heterocycles. The molecule has 0 radical (unpaired) electrons. The zero-order valence-corrected chi connectivity index (χ0v) is 18.4. The first kappa shape index (κ1) is 22.4. The van der Waals surface area contributed by atoms with Crippen LogP contribution in [0.3, 0.4) is 0 Å². The summed E-state index contributed by atoms with van der Waals surface area (Å²) in [6.45, 7) is 19.2. The summed E-state index contributed by atoms with van der Waals surface area (Å²) < 4.78 is 17.5. The van der Waals surface area contributed by atoms with Crippen molar-refractivity contribution in [2.45, 2.75) is 83.9 Å². The zero-order valence-electron chi connectivity index (χ0n) is 17.4. The Hall–Kier alpha value is -0.633. The quantitative estimate of drug-likeness (QED) is 0.766. The molecule has 1 amide bonds. The predicted molar refractivity (Wildman–Crippen MR) is 101 cm³/mol. The lowest BCUT2D eigenvalue weighted by Gasteiger charge is -2.37. The maximum atomic E-state index is 12.5. The molecule has 1 aliphatic heterocycles. The van der Waals surface area contributed by atoms with Crippen molar-refractivity contribution in [2.24, 2.45) is 0 Å². The Labute approximate surface area is 153 Å². The lowest BCUT2D eigenvalue weighted by atomic mass is 10.1. The van der Waals surface area contributed by atoms with Crippen molar-refractivity contribution in [3.63, 3.8) is 0 Å². The van der Waals surface area contributed by atoms with Crippen LogP contribution in [0.2, 0.25) is 18.1 Å². The Balaban J connectivity index is 2.80. The summed E-state index contributed by atoms with van der Waals surface area (Å²) in [7, 11) is -1.91. The average molecular weight is 376 g/mol. The van der Waals surface area contributed by atoms with Gasteiger partial charge in [0.25, 0.3) is 0 Å². The van der Waals surface area contributed by atoms with Crippen LogP contribution in [-0.2, 0) is 13.9 Å². The molecule has 2 atom stereocenters. The van der Waals surface area contributed by atoms with Crippen LogP contribution in [-0.4, -0.2) is 68.0 Å². The summed E-state index contributed by atoms with van der Waals surface area (Å²) in [4.78, 5) is 14.0. The fourth-order valence-corrected chi connectivity index (χ4v) is 3.24. The first-order valence-electron chi connectivity index (χ1n) is 8.98. The van der Waals surface area contributed by atoms with E-state index in [9.17, 15) is 9.90 Å². The van der Waals surface area contributed by atoms with E-state index < -0.39 is 25.6 Å². The highest BCUT2D eigenvalue weighted by molar-refractivity contribution is 6.74. The molecular formula is C18H37NO5Si. The molecule has 0 spiro atoms. The molecular weight excluding hydrogens is 338 g/mol. The summed E-state index contributed by atoms with van der Waals surface area (Å²) in [6, 6.07) is 0. The van der Waals surface area contributed by atoms with Gasteiger partial charge in [0.05, 0.1) is 32.4 Å². The minimum absolute atomic E-state index is 0.105. The number of β-amino-alcohol motifs (C(OH)–C–C–N with tert-alkyl or cyclic N) is 1. The van der Waals surface area contributed by atoms with E-state index in [-0.39, 0.29) is 24.3 Å². The van der Waals surface area contributed by atoms with E-state index in [2.05, 4.69) is 33.9 Å². The minimum Gasteiger partial charge on any atom is -0.444 e.